The lowest BCUT2D eigenvalue weighted by molar-refractivity contribution is -0.101. The van der Waals surface area contributed by atoms with Crippen LogP contribution in [0.5, 0.6) is 5.75 Å². The van der Waals surface area contributed by atoms with Crippen LogP contribution < -0.4 is 10.1 Å². The second-order valence-electron chi connectivity index (χ2n) is 8.94. The molecule has 0 bridgehead atoms. The minimum atomic E-state index is -0.491. The number of likely N-dealkylation sites (N-methyl/N-ethyl adjacent to an activating group) is 1. The molecule has 7 heteroatoms. The van der Waals surface area contributed by atoms with Crippen LogP contribution in [0.2, 0.25) is 0 Å². The zero-order chi connectivity index (χ0) is 25.5. The van der Waals surface area contributed by atoms with Crippen LogP contribution in [0.4, 0.5) is 10.1 Å². The maximum Gasteiger partial charge on any atom is 0.175 e. The number of halogens is 1. The van der Waals surface area contributed by atoms with Crippen molar-refractivity contribution in [1.82, 2.24) is 9.96 Å². The molecule has 2 aromatic carbocycles. The van der Waals surface area contributed by atoms with Crippen LogP contribution in [0.3, 0.4) is 0 Å². The van der Waals surface area contributed by atoms with Crippen LogP contribution in [0.25, 0.3) is 0 Å². The molecular formula is C29H35FN4O2. The Morgan fingerprint density at radius 1 is 1.17 bits per heavy atom. The van der Waals surface area contributed by atoms with E-state index >= 15 is 4.39 Å². The molecule has 0 saturated carbocycles. The molecule has 1 saturated heterocycles. The molecule has 2 aromatic rings. The Morgan fingerprint density at radius 3 is 2.58 bits per heavy atom. The Labute approximate surface area is 213 Å². The average molecular weight is 491 g/mol. The zero-order valence-corrected chi connectivity index (χ0v) is 21.6. The molecule has 0 amide bonds. The monoisotopic (exact) mass is 490 g/mol. The molecule has 0 spiro atoms. The summed E-state index contributed by atoms with van der Waals surface area (Å²) in [4.78, 5) is 12.4. The number of hydroxylamine groups is 2. The van der Waals surface area contributed by atoms with E-state index in [0.29, 0.717) is 19.0 Å². The summed E-state index contributed by atoms with van der Waals surface area (Å²) in [6.45, 7) is 12.5. The van der Waals surface area contributed by atoms with Crippen molar-refractivity contribution >= 4 is 11.5 Å². The maximum atomic E-state index is 15.0. The molecule has 0 unspecified atom stereocenters. The topological polar surface area (TPSA) is 49.3 Å². The van der Waals surface area contributed by atoms with Crippen LogP contribution in [0.15, 0.2) is 77.0 Å². The fourth-order valence-corrected chi connectivity index (χ4v) is 4.55. The number of nitrogens with one attached hydrogen (secondary N) is 1. The summed E-state index contributed by atoms with van der Waals surface area (Å²) >= 11 is 0. The number of ether oxygens (including phenoxy) is 1. The summed E-state index contributed by atoms with van der Waals surface area (Å²) in [6.07, 6.45) is 3.64. The van der Waals surface area contributed by atoms with Gasteiger partial charge < -0.3 is 15.0 Å². The van der Waals surface area contributed by atoms with Gasteiger partial charge in [-0.05, 0) is 55.8 Å². The van der Waals surface area contributed by atoms with Gasteiger partial charge in [0.25, 0.3) is 0 Å². The highest BCUT2D eigenvalue weighted by Crippen LogP contribution is 2.36. The van der Waals surface area contributed by atoms with Gasteiger partial charge in [0.1, 0.15) is 23.9 Å². The van der Waals surface area contributed by atoms with Gasteiger partial charge in [-0.1, -0.05) is 49.9 Å². The zero-order valence-electron chi connectivity index (χ0n) is 21.6. The standard InChI is InChI=1S/C29H35FN4O2/c1-5-33(6-2)15-17-35-29-21(3)18-24(19-22(29)4)32-28-13-12-27(25(30)20-31-28)34-26(14-16-36-34)23-10-8-7-9-11-23/h7-11,13,18-20,26H,5-6,14-17H2,1-4H3,(H,31,32)/t26-/m0/s1. The number of aryl methyl sites for hydroxylation is 2. The highest BCUT2D eigenvalue weighted by Gasteiger charge is 2.31. The Morgan fingerprint density at radius 2 is 1.89 bits per heavy atom. The summed E-state index contributed by atoms with van der Waals surface area (Å²) in [5.41, 5.74) is 7.30. The first-order valence-electron chi connectivity index (χ1n) is 12.6. The fourth-order valence-electron chi connectivity index (χ4n) is 4.55. The van der Waals surface area contributed by atoms with Gasteiger partial charge in [0.2, 0.25) is 0 Å². The van der Waals surface area contributed by atoms with Crippen molar-refractivity contribution < 1.29 is 14.0 Å². The average Bonchev–Trinajstić information content (AvgIpc) is 3.29. The molecule has 2 heterocycles. The summed E-state index contributed by atoms with van der Waals surface area (Å²) < 4.78 is 21.1. The van der Waals surface area contributed by atoms with Crippen molar-refractivity contribution in [1.29, 1.82) is 0 Å². The molecule has 2 aliphatic rings. The lowest BCUT2D eigenvalue weighted by Gasteiger charge is -2.24. The van der Waals surface area contributed by atoms with Crippen molar-refractivity contribution in [3.63, 3.8) is 0 Å². The molecule has 0 aliphatic carbocycles. The number of hydrogen-bond donors (Lipinski definition) is 1. The summed E-state index contributed by atoms with van der Waals surface area (Å²) in [7, 11) is 0. The third kappa shape index (κ3) is 6.05. The molecule has 0 aromatic heterocycles. The first-order valence-corrected chi connectivity index (χ1v) is 12.6. The minimum absolute atomic E-state index is 0.0738. The van der Waals surface area contributed by atoms with Crippen LogP contribution in [0.1, 0.15) is 43.0 Å². The lowest BCUT2D eigenvalue weighted by Crippen LogP contribution is -2.28. The predicted octanol–water partition coefficient (Wildman–Crippen LogP) is 6.08. The molecule has 1 atom stereocenters. The number of benzene rings is 2. The summed E-state index contributed by atoms with van der Waals surface area (Å²) in [6, 6.07) is 13.9. The molecule has 6 nitrogen and oxygen atoms in total. The first kappa shape index (κ1) is 25.7. The molecule has 2 aliphatic heterocycles. The molecule has 36 heavy (non-hydrogen) atoms. The van der Waals surface area contributed by atoms with Crippen molar-refractivity contribution in [2.24, 2.45) is 4.99 Å². The second-order valence-corrected chi connectivity index (χ2v) is 8.94. The van der Waals surface area contributed by atoms with Crippen molar-refractivity contribution in [2.45, 2.75) is 40.2 Å². The van der Waals surface area contributed by atoms with E-state index in [1.54, 1.807) is 11.1 Å². The van der Waals surface area contributed by atoms with Crippen molar-refractivity contribution in [2.75, 3.05) is 38.2 Å². The first-order chi connectivity index (χ1) is 17.5. The normalized spacial score (nSPS) is 17.6. The van der Waals surface area contributed by atoms with Gasteiger partial charge >= 0.3 is 0 Å². The van der Waals surface area contributed by atoms with Gasteiger partial charge in [0, 0.05) is 24.7 Å². The number of aliphatic imine (C=N–C) groups is 1. The number of hydrogen-bond acceptors (Lipinski definition) is 6. The molecule has 4 rings (SSSR count). The molecule has 1 fully saturated rings. The van der Waals surface area contributed by atoms with Gasteiger partial charge in [0.05, 0.1) is 18.8 Å². The highest BCUT2D eigenvalue weighted by molar-refractivity contribution is 6.04. The van der Waals surface area contributed by atoms with Gasteiger partial charge in [-0.25, -0.2) is 14.4 Å². The fraction of sp³-hybridized carbons (Fsp3) is 0.379. The van der Waals surface area contributed by atoms with E-state index in [2.05, 4.69) is 34.8 Å². The molecular weight excluding hydrogens is 455 g/mol. The SMILES string of the molecule is CCN(CC)CCOc1c(C)cc(NC2=NC=C(F)C(N3OCC[C@H]3c3ccccc3)=C=C2)cc1C. The van der Waals surface area contributed by atoms with Crippen LogP contribution in [-0.2, 0) is 4.84 Å². The Kier molecular flexibility index (Phi) is 8.60. The van der Waals surface area contributed by atoms with E-state index in [0.717, 1.165) is 54.2 Å². The lowest BCUT2D eigenvalue weighted by atomic mass is 10.0. The minimum Gasteiger partial charge on any atom is -0.492 e. The van der Waals surface area contributed by atoms with E-state index in [9.17, 15) is 0 Å². The number of nitrogens with zero attached hydrogens (tertiary/aromatic N) is 3. The van der Waals surface area contributed by atoms with Crippen molar-refractivity contribution in [3.05, 3.63) is 88.7 Å². The molecule has 1 N–H and O–H groups in total. The maximum absolute atomic E-state index is 15.0. The van der Waals surface area contributed by atoms with Crippen molar-refractivity contribution in [3.8, 4) is 5.75 Å². The highest BCUT2D eigenvalue weighted by atomic mass is 19.1. The largest absolute Gasteiger partial charge is 0.492 e. The van der Waals surface area contributed by atoms with Crippen LogP contribution in [-0.4, -0.2) is 48.6 Å². The quantitative estimate of drug-likeness (QED) is 0.432. The second kappa shape index (κ2) is 12.0. The summed E-state index contributed by atoms with van der Waals surface area (Å²) in [5.74, 6) is 0.900. The number of rotatable bonds is 9. The van der Waals surface area contributed by atoms with Crippen LogP contribution in [0, 0.1) is 13.8 Å². The third-order valence-corrected chi connectivity index (χ3v) is 6.48. The van der Waals surface area contributed by atoms with Gasteiger partial charge in [-0.2, -0.15) is 0 Å². The van der Waals surface area contributed by atoms with E-state index in [1.807, 2.05) is 56.3 Å². The number of amidine groups is 1. The Hall–Kier alpha value is -3.38. The number of anilines is 1. The third-order valence-electron chi connectivity index (χ3n) is 6.48. The molecule has 190 valence electrons. The Balaban J connectivity index is 1.48. The van der Waals surface area contributed by atoms with E-state index < -0.39 is 5.83 Å². The van der Waals surface area contributed by atoms with Gasteiger partial charge in [-0.15, -0.1) is 0 Å². The van der Waals surface area contributed by atoms with E-state index in [4.69, 9.17) is 9.57 Å². The van der Waals surface area contributed by atoms with Gasteiger partial charge in [0.15, 0.2) is 5.83 Å². The smallest absolute Gasteiger partial charge is 0.175 e. The Bertz CT molecular complexity index is 1160. The van der Waals surface area contributed by atoms with E-state index in [1.165, 1.54) is 6.20 Å². The van der Waals surface area contributed by atoms with Gasteiger partial charge in [-0.3, -0.25) is 4.84 Å². The molecule has 0 radical (unpaired) electrons. The van der Waals surface area contributed by atoms with E-state index in [-0.39, 0.29) is 11.7 Å². The predicted molar refractivity (Wildman–Crippen MR) is 143 cm³/mol. The summed E-state index contributed by atoms with van der Waals surface area (Å²) in [5, 5.41) is 4.89. The van der Waals surface area contributed by atoms with Crippen LogP contribution >= 0.6 is 0 Å².